The molecule has 4 rings (SSSR count). The number of carbonyl (C=O) groups excluding carboxylic acids is 1. The number of nitrogens with zero attached hydrogens (tertiary/aromatic N) is 3. The largest absolute Gasteiger partial charge is 0.486 e. The van der Waals surface area contributed by atoms with Crippen molar-refractivity contribution in [3.8, 4) is 17.2 Å². The summed E-state index contributed by atoms with van der Waals surface area (Å²) in [4.78, 5) is 18.9. The van der Waals surface area contributed by atoms with Crippen molar-refractivity contribution in [1.82, 2.24) is 14.5 Å². The Hall–Kier alpha value is -3.28. The highest BCUT2D eigenvalue weighted by Gasteiger charge is 2.21. The molecule has 1 aliphatic rings. The molecule has 6 heteroatoms. The van der Waals surface area contributed by atoms with Crippen LogP contribution in [0.3, 0.4) is 0 Å². The number of amides is 1. The molecule has 28 heavy (non-hydrogen) atoms. The zero-order valence-corrected chi connectivity index (χ0v) is 16.3. The third-order valence-electron chi connectivity index (χ3n) is 4.93. The minimum atomic E-state index is -0.0132. The second-order valence-corrected chi connectivity index (χ2v) is 6.97. The lowest BCUT2D eigenvalue weighted by Gasteiger charge is -2.20. The van der Waals surface area contributed by atoms with E-state index in [1.54, 1.807) is 17.3 Å². The molecule has 2 aromatic heterocycles. The predicted molar refractivity (Wildman–Crippen MR) is 106 cm³/mol. The summed E-state index contributed by atoms with van der Waals surface area (Å²) in [5, 5.41) is 0. The van der Waals surface area contributed by atoms with Crippen molar-refractivity contribution in [3.63, 3.8) is 0 Å². The minimum absolute atomic E-state index is 0.0132. The number of aromatic nitrogens is 2. The van der Waals surface area contributed by atoms with E-state index in [-0.39, 0.29) is 5.91 Å². The Kier molecular flexibility index (Phi) is 4.77. The molecular formula is C22H23N3O3. The van der Waals surface area contributed by atoms with E-state index in [2.05, 4.69) is 9.55 Å². The molecule has 0 unspecified atom stereocenters. The van der Waals surface area contributed by atoms with Crippen LogP contribution in [0.1, 0.15) is 27.3 Å². The van der Waals surface area contributed by atoms with Crippen LogP contribution in [0.2, 0.25) is 0 Å². The summed E-state index contributed by atoms with van der Waals surface area (Å²) in [7, 11) is 1.81. The number of carbonyl (C=O) groups is 1. The van der Waals surface area contributed by atoms with E-state index in [9.17, 15) is 4.79 Å². The maximum atomic E-state index is 13.0. The van der Waals surface area contributed by atoms with Crippen molar-refractivity contribution in [1.29, 1.82) is 0 Å². The van der Waals surface area contributed by atoms with E-state index in [0.717, 1.165) is 34.1 Å². The first kappa shape index (κ1) is 18.1. The van der Waals surface area contributed by atoms with Crippen molar-refractivity contribution in [2.75, 3.05) is 20.3 Å². The van der Waals surface area contributed by atoms with Gasteiger partial charge in [-0.15, -0.1) is 0 Å². The Balaban J connectivity index is 1.63. The minimum Gasteiger partial charge on any atom is -0.486 e. The number of benzene rings is 1. The molecule has 0 atom stereocenters. The first-order valence-electron chi connectivity index (χ1n) is 9.28. The van der Waals surface area contributed by atoms with Crippen LogP contribution in [0.25, 0.3) is 5.69 Å². The number of aryl methyl sites for hydroxylation is 1. The SMILES string of the molecule is Cc1cc(C(=O)N(C)Cc2cccnc2)c(C)n1-c1ccc2c(c1)OCCO2. The van der Waals surface area contributed by atoms with Crippen LogP contribution in [-0.4, -0.2) is 40.6 Å². The summed E-state index contributed by atoms with van der Waals surface area (Å²) in [5.41, 5.74) is 4.54. The molecule has 0 fully saturated rings. The summed E-state index contributed by atoms with van der Waals surface area (Å²) in [6.45, 7) is 5.59. The van der Waals surface area contributed by atoms with Crippen molar-refractivity contribution >= 4 is 5.91 Å². The standard InChI is InChI=1S/C22H23N3O3/c1-15-11-19(22(26)24(3)14-17-5-4-8-23-13-17)16(2)25(15)18-6-7-20-21(12-18)28-10-9-27-20/h4-8,11-13H,9-10,14H2,1-3H3. The second kappa shape index (κ2) is 7.38. The van der Waals surface area contributed by atoms with Gasteiger partial charge in [0.05, 0.1) is 5.56 Å². The van der Waals surface area contributed by atoms with E-state index in [4.69, 9.17) is 9.47 Å². The molecule has 0 bridgehead atoms. The van der Waals surface area contributed by atoms with Gasteiger partial charge in [0.25, 0.3) is 5.91 Å². The quantitative estimate of drug-likeness (QED) is 0.698. The van der Waals surface area contributed by atoms with Gasteiger partial charge in [-0.1, -0.05) is 6.07 Å². The summed E-state index contributed by atoms with van der Waals surface area (Å²) >= 11 is 0. The Labute approximate surface area is 164 Å². The topological polar surface area (TPSA) is 56.6 Å². The monoisotopic (exact) mass is 377 g/mol. The Morgan fingerprint density at radius 1 is 1.14 bits per heavy atom. The molecule has 0 N–H and O–H groups in total. The van der Waals surface area contributed by atoms with Gasteiger partial charge in [-0.25, -0.2) is 0 Å². The molecule has 6 nitrogen and oxygen atoms in total. The van der Waals surface area contributed by atoms with E-state index in [0.29, 0.717) is 25.3 Å². The van der Waals surface area contributed by atoms with Crippen LogP contribution in [0.15, 0.2) is 48.8 Å². The Bertz CT molecular complexity index is 1010. The number of ether oxygens (including phenoxy) is 2. The molecule has 1 amide bonds. The highest BCUT2D eigenvalue weighted by Crippen LogP contribution is 2.33. The van der Waals surface area contributed by atoms with Gasteiger partial charge in [0, 0.05) is 49.1 Å². The molecular weight excluding hydrogens is 354 g/mol. The van der Waals surface area contributed by atoms with Crippen LogP contribution < -0.4 is 9.47 Å². The lowest BCUT2D eigenvalue weighted by atomic mass is 10.2. The zero-order chi connectivity index (χ0) is 19.7. The fourth-order valence-corrected chi connectivity index (χ4v) is 3.59. The molecule has 0 radical (unpaired) electrons. The smallest absolute Gasteiger partial charge is 0.255 e. The van der Waals surface area contributed by atoms with Gasteiger partial charge in [0.2, 0.25) is 0 Å². The maximum absolute atomic E-state index is 13.0. The van der Waals surface area contributed by atoms with Crippen LogP contribution in [-0.2, 0) is 6.54 Å². The highest BCUT2D eigenvalue weighted by atomic mass is 16.6. The molecule has 0 spiro atoms. The Morgan fingerprint density at radius 3 is 2.68 bits per heavy atom. The number of pyridine rings is 1. The fourth-order valence-electron chi connectivity index (χ4n) is 3.59. The average Bonchev–Trinajstić information content (AvgIpc) is 3.01. The summed E-state index contributed by atoms with van der Waals surface area (Å²) in [6.07, 6.45) is 3.51. The third kappa shape index (κ3) is 3.33. The van der Waals surface area contributed by atoms with Crippen LogP contribution in [0.5, 0.6) is 11.5 Å². The molecule has 0 saturated carbocycles. The lowest BCUT2D eigenvalue weighted by Crippen LogP contribution is -2.26. The molecule has 1 aromatic carbocycles. The summed E-state index contributed by atoms with van der Waals surface area (Å²) in [6, 6.07) is 11.6. The first-order valence-corrected chi connectivity index (χ1v) is 9.28. The second-order valence-electron chi connectivity index (χ2n) is 6.97. The van der Waals surface area contributed by atoms with Gasteiger partial charge >= 0.3 is 0 Å². The zero-order valence-electron chi connectivity index (χ0n) is 16.3. The van der Waals surface area contributed by atoms with Crippen molar-refractivity contribution in [2.24, 2.45) is 0 Å². The van der Waals surface area contributed by atoms with Crippen LogP contribution >= 0.6 is 0 Å². The lowest BCUT2D eigenvalue weighted by molar-refractivity contribution is 0.0784. The highest BCUT2D eigenvalue weighted by molar-refractivity contribution is 5.95. The summed E-state index contributed by atoms with van der Waals surface area (Å²) in [5.74, 6) is 1.48. The molecule has 3 heterocycles. The average molecular weight is 377 g/mol. The number of fused-ring (bicyclic) bond motifs is 1. The first-order chi connectivity index (χ1) is 13.5. The number of hydrogen-bond acceptors (Lipinski definition) is 4. The molecule has 0 saturated heterocycles. The van der Waals surface area contributed by atoms with Crippen molar-refractivity contribution in [3.05, 3.63) is 71.3 Å². The number of hydrogen-bond donors (Lipinski definition) is 0. The molecule has 144 valence electrons. The van der Waals surface area contributed by atoms with Gasteiger partial charge in [0.1, 0.15) is 13.2 Å². The third-order valence-corrected chi connectivity index (χ3v) is 4.93. The van der Waals surface area contributed by atoms with Crippen molar-refractivity contribution in [2.45, 2.75) is 20.4 Å². The van der Waals surface area contributed by atoms with E-state index in [1.165, 1.54) is 0 Å². The normalized spacial score (nSPS) is 12.7. The Morgan fingerprint density at radius 2 is 1.93 bits per heavy atom. The van der Waals surface area contributed by atoms with Gasteiger partial charge in [-0.3, -0.25) is 9.78 Å². The van der Waals surface area contributed by atoms with Crippen LogP contribution in [0, 0.1) is 13.8 Å². The summed E-state index contributed by atoms with van der Waals surface area (Å²) < 4.78 is 13.4. The predicted octanol–water partition coefficient (Wildman–Crippen LogP) is 3.53. The van der Waals surface area contributed by atoms with Crippen molar-refractivity contribution < 1.29 is 14.3 Å². The van der Waals surface area contributed by atoms with Gasteiger partial charge in [-0.05, 0) is 43.7 Å². The van der Waals surface area contributed by atoms with Gasteiger partial charge < -0.3 is 18.9 Å². The molecule has 0 aliphatic carbocycles. The number of rotatable bonds is 4. The fraction of sp³-hybridized carbons (Fsp3) is 0.273. The van der Waals surface area contributed by atoms with Gasteiger partial charge in [-0.2, -0.15) is 0 Å². The van der Waals surface area contributed by atoms with Crippen LogP contribution in [0.4, 0.5) is 0 Å². The van der Waals surface area contributed by atoms with Gasteiger partial charge in [0.15, 0.2) is 11.5 Å². The molecule has 3 aromatic rings. The maximum Gasteiger partial charge on any atom is 0.255 e. The van der Waals surface area contributed by atoms with E-state index >= 15 is 0 Å². The van der Waals surface area contributed by atoms with E-state index in [1.807, 2.05) is 57.3 Å². The van der Waals surface area contributed by atoms with E-state index < -0.39 is 0 Å². The molecule has 1 aliphatic heterocycles.